The molecular formula is C14H20BrNO3S. The molecule has 1 aromatic heterocycles. The van der Waals surface area contributed by atoms with Crippen molar-refractivity contribution < 1.29 is 14.7 Å². The molecule has 4 nitrogen and oxygen atoms in total. The van der Waals surface area contributed by atoms with Crippen LogP contribution in [0, 0.1) is 18.8 Å². The number of rotatable bonds is 7. The predicted octanol–water partition coefficient (Wildman–Crippen LogP) is 3.69. The van der Waals surface area contributed by atoms with Gasteiger partial charge in [-0.25, -0.2) is 0 Å². The number of hydrogen-bond acceptors (Lipinski definition) is 3. The number of aryl methyl sites for hydroxylation is 1. The quantitative estimate of drug-likeness (QED) is 0.778. The highest BCUT2D eigenvalue weighted by molar-refractivity contribution is 9.11. The van der Waals surface area contributed by atoms with Crippen LogP contribution in [0.15, 0.2) is 9.85 Å². The molecular weight excluding hydrogens is 342 g/mol. The Morgan fingerprint density at radius 3 is 2.55 bits per heavy atom. The van der Waals surface area contributed by atoms with E-state index in [0.717, 1.165) is 15.8 Å². The molecule has 0 fully saturated rings. The van der Waals surface area contributed by atoms with E-state index in [4.69, 9.17) is 5.11 Å². The zero-order valence-electron chi connectivity index (χ0n) is 11.9. The Hall–Kier alpha value is -0.880. The molecule has 0 saturated carbocycles. The third-order valence-corrected chi connectivity index (χ3v) is 5.04. The molecule has 1 atom stereocenters. The number of hydrogen-bond donors (Lipinski definition) is 2. The van der Waals surface area contributed by atoms with E-state index in [-0.39, 0.29) is 18.2 Å². The maximum atomic E-state index is 12.0. The van der Waals surface area contributed by atoms with E-state index in [1.807, 2.05) is 13.0 Å². The molecule has 0 aliphatic carbocycles. The summed E-state index contributed by atoms with van der Waals surface area (Å²) in [6.45, 7) is 6.44. The summed E-state index contributed by atoms with van der Waals surface area (Å²) < 4.78 is 0.951. The van der Waals surface area contributed by atoms with Crippen LogP contribution in [0.1, 0.15) is 41.9 Å². The first-order valence-electron chi connectivity index (χ1n) is 6.55. The summed E-state index contributed by atoms with van der Waals surface area (Å²) in [5.41, 5.74) is 1.03. The zero-order chi connectivity index (χ0) is 15.3. The molecule has 0 saturated heterocycles. The molecule has 1 heterocycles. The molecule has 1 rings (SSSR count). The fourth-order valence-corrected chi connectivity index (χ4v) is 3.50. The molecule has 0 bridgehead atoms. The Bertz CT molecular complexity index is 465. The molecule has 20 heavy (non-hydrogen) atoms. The van der Waals surface area contributed by atoms with Gasteiger partial charge in [-0.1, -0.05) is 13.8 Å². The van der Waals surface area contributed by atoms with Gasteiger partial charge in [-0.2, -0.15) is 0 Å². The van der Waals surface area contributed by atoms with Gasteiger partial charge in [0.15, 0.2) is 0 Å². The summed E-state index contributed by atoms with van der Waals surface area (Å²) in [6, 6.07) is 1.83. The van der Waals surface area contributed by atoms with Gasteiger partial charge in [0.05, 0.1) is 8.66 Å². The van der Waals surface area contributed by atoms with Crippen molar-refractivity contribution in [1.82, 2.24) is 5.32 Å². The lowest BCUT2D eigenvalue weighted by atomic mass is 9.94. The van der Waals surface area contributed by atoms with E-state index >= 15 is 0 Å². The van der Waals surface area contributed by atoms with Crippen LogP contribution in [0.25, 0.3) is 0 Å². The molecule has 2 N–H and O–H groups in total. The van der Waals surface area contributed by atoms with Gasteiger partial charge in [-0.15, -0.1) is 11.3 Å². The number of thiophene rings is 1. The van der Waals surface area contributed by atoms with Crippen LogP contribution in [0.3, 0.4) is 0 Å². The number of aliphatic carboxylic acids is 1. The minimum absolute atomic E-state index is 0.0269. The van der Waals surface area contributed by atoms with Crippen LogP contribution in [-0.4, -0.2) is 23.5 Å². The number of halogens is 1. The summed E-state index contributed by atoms with van der Waals surface area (Å²) in [4.78, 5) is 23.5. The van der Waals surface area contributed by atoms with Crippen LogP contribution < -0.4 is 5.32 Å². The van der Waals surface area contributed by atoms with Crippen LogP contribution >= 0.6 is 27.3 Å². The van der Waals surface area contributed by atoms with Crippen molar-refractivity contribution in [3.8, 4) is 0 Å². The summed E-state index contributed by atoms with van der Waals surface area (Å²) in [7, 11) is 0. The lowest BCUT2D eigenvalue weighted by Crippen LogP contribution is -2.30. The van der Waals surface area contributed by atoms with Crippen molar-refractivity contribution in [2.24, 2.45) is 11.8 Å². The summed E-state index contributed by atoms with van der Waals surface area (Å²) in [5, 5.41) is 11.7. The Balaban J connectivity index is 2.57. The van der Waals surface area contributed by atoms with Gasteiger partial charge in [0, 0.05) is 13.0 Å². The summed E-state index contributed by atoms with van der Waals surface area (Å²) in [6.07, 6.45) is 0.880. The number of carbonyl (C=O) groups is 2. The largest absolute Gasteiger partial charge is 0.481 e. The maximum Gasteiger partial charge on any atom is 0.303 e. The Labute approximate surface area is 131 Å². The number of carboxylic acids is 1. The molecule has 112 valence electrons. The normalized spacial score (nSPS) is 12.4. The molecule has 0 radical (unpaired) electrons. The molecule has 6 heteroatoms. The molecule has 0 aliphatic rings. The molecule has 0 unspecified atom stereocenters. The summed E-state index contributed by atoms with van der Waals surface area (Å²) in [5.74, 6) is -0.571. The van der Waals surface area contributed by atoms with Crippen molar-refractivity contribution in [3.63, 3.8) is 0 Å². The van der Waals surface area contributed by atoms with Crippen LogP contribution in [0.2, 0.25) is 0 Å². The highest BCUT2D eigenvalue weighted by Gasteiger charge is 2.17. The molecule has 1 amide bonds. The molecule has 0 spiro atoms. The van der Waals surface area contributed by atoms with Gasteiger partial charge in [0.1, 0.15) is 0 Å². The standard InChI is InChI=1S/C14H20BrNO3S/c1-8(2)4-10(6-12(17)18)7-16-14(19)11-5-9(3)13(15)20-11/h5,8,10H,4,6-7H2,1-3H3,(H,16,19)(H,17,18)/t10-/m0/s1. The topological polar surface area (TPSA) is 66.4 Å². The van der Waals surface area contributed by atoms with E-state index < -0.39 is 5.97 Å². The van der Waals surface area contributed by atoms with E-state index in [2.05, 4.69) is 35.1 Å². The van der Waals surface area contributed by atoms with Crippen LogP contribution in [0.5, 0.6) is 0 Å². The second-order valence-electron chi connectivity index (χ2n) is 5.37. The van der Waals surface area contributed by atoms with Gasteiger partial charge in [-0.05, 0) is 52.7 Å². The van der Waals surface area contributed by atoms with Crippen molar-refractivity contribution >= 4 is 39.1 Å². The van der Waals surface area contributed by atoms with Gasteiger partial charge in [0.25, 0.3) is 5.91 Å². The lowest BCUT2D eigenvalue weighted by Gasteiger charge is -2.17. The SMILES string of the molecule is Cc1cc(C(=O)NC[C@H](CC(=O)O)CC(C)C)sc1Br. The first kappa shape index (κ1) is 17.2. The predicted molar refractivity (Wildman–Crippen MR) is 84.3 cm³/mol. The second-order valence-corrected chi connectivity index (χ2v) is 7.74. The van der Waals surface area contributed by atoms with Crippen molar-refractivity contribution in [2.75, 3.05) is 6.54 Å². The van der Waals surface area contributed by atoms with Gasteiger partial charge in [0.2, 0.25) is 0 Å². The molecule has 0 aromatic carbocycles. The van der Waals surface area contributed by atoms with E-state index in [9.17, 15) is 9.59 Å². The van der Waals surface area contributed by atoms with Crippen molar-refractivity contribution in [3.05, 3.63) is 20.3 Å². The third-order valence-electron chi connectivity index (χ3n) is 2.90. The molecule has 0 aliphatic heterocycles. The highest BCUT2D eigenvalue weighted by atomic mass is 79.9. The van der Waals surface area contributed by atoms with E-state index in [1.54, 1.807) is 0 Å². The highest BCUT2D eigenvalue weighted by Crippen LogP contribution is 2.27. The van der Waals surface area contributed by atoms with Gasteiger partial charge < -0.3 is 10.4 Å². The van der Waals surface area contributed by atoms with Gasteiger partial charge in [-0.3, -0.25) is 9.59 Å². The van der Waals surface area contributed by atoms with Crippen LogP contribution in [-0.2, 0) is 4.79 Å². The van der Waals surface area contributed by atoms with Crippen molar-refractivity contribution in [1.29, 1.82) is 0 Å². The fourth-order valence-electron chi connectivity index (χ4n) is 2.05. The number of carboxylic acid groups (broad SMARTS) is 1. The smallest absolute Gasteiger partial charge is 0.303 e. The monoisotopic (exact) mass is 361 g/mol. The minimum atomic E-state index is -0.820. The zero-order valence-corrected chi connectivity index (χ0v) is 14.3. The van der Waals surface area contributed by atoms with Gasteiger partial charge >= 0.3 is 5.97 Å². The van der Waals surface area contributed by atoms with E-state index in [0.29, 0.717) is 17.3 Å². The van der Waals surface area contributed by atoms with Crippen LogP contribution in [0.4, 0.5) is 0 Å². The molecule has 1 aromatic rings. The maximum absolute atomic E-state index is 12.0. The number of amides is 1. The Morgan fingerprint density at radius 1 is 1.45 bits per heavy atom. The first-order valence-corrected chi connectivity index (χ1v) is 8.16. The second kappa shape index (κ2) is 7.78. The average Bonchev–Trinajstić information content (AvgIpc) is 2.65. The minimum Gasteiger partial charge on any atom is -0.481 e. The summed E-state index contributed by atoms with van der Waals surface area (Å²) >= 11 is 4.78. The lowest BCUT2D eigenvalue weighted by molar-refractivity contribution is -0.138. The Kier molecular flexibility index (Phi) is 6.68. The number of nitrogens with one attached hydrogen (secondary N) is 1. The third kappa shape index (κ3) is 5.63. The van der Waals surface area contributed by atoms with Crippen molar-refractivity contribution in [2.45, 2.75) is 33.6 Å². The van der Waals surface area contributed by atoms with E-state index in [1.165, 1.54) is 11.3 Å². The number of carbonyl (C=O) groups excluding carboxylic acids is 1. The fraction of sp³-hybridized carbons (Fsp3) is 0.571. The Morgan fingerprint density at radius 2 is 2.10 bits per heavy atom. The first-order chi connectivity index (χ1) is 9.29. The average molecular weight is 362 g/mol.